The van der Waals surface area contributed by atoms with Gasteiger partial charge in [-0.25, -0.2) is 0 Å². The highest BCUT2D eigenvalue weighted by Crippen LogP contribution is 2.53. The number of Topliss-reactive ketones (excluding diaryl/α,β-unsaturated/α-hetero) is 1. The van der Waals surface area contributed by atoms with Crippen LogP contribution in [0.1, 0.15) is 81.1 Å². The molecule has 6 atom stereocenters. The predicted molar refractivity (Wildman–Crippen MR) is 104 cm³/mol. The second-order valence-electron chi connectivity index (χ2n) is 11.2. The Balaban J connectivity index is 2.06. The molecule has 0 aromatic rings. The first kappa shape index (κ1) is 19.4. The smallest absolute Gasteiger partial charge is 0.155 e. The standard InChI is InChI=1S/C22H40N2O/c1-13(2)16-17-14-11-9-10-12-15(14)23-20(17)24(22(6,7)8)18(16)19(25)21(3,4)5/h13-18,20,23H,9-12H2,1-8H3. The second kappa shape index (κ2) is 6.34. The van der Waals surface area contributed by atoms with Crippen molar-refractivity contribution in [3.05, 3.63) is 0 Å². The zero-order valence-corrected chi connectivity index (χ0v) is 17.7. The Labute approximate surface area is 155 Å². The number of nitrogens with one attached hydrogen (secondary N) is 1. The first-order valence-electron chi connectivity index (χ1n) is 10.5. The summed E-state index contributed by atoms with van der Waals surface area (Å²) in [5.74, 6) is 2.83. The van der Waals surface area contributed by atoms with Crippen molar-refractivity contribution >= 4 is 5.78 Å². The number of likely N-dealkylation sites (tertiary alicyclic amines) is 1. The Morgan fingerprint density at radius 2 is 1.64 bits per heavy atom. The van der Waals surface area contributed by atoms with Crippen molar-refractivity contribution < 1.29 is 4.79 Å². The van der Waals surface area contributed by atoms with Crippen molar-refractivity contribution in [1.82, 2.24) is 10.2 Å². The summed E-state index contributed by atoms with van der Waals surface area (Å²) in [6.07, 6.45) is 5.76. The van der Waals surface area contributed by atoms with E-state index in [9.17, 15) is 4.79 Å². The van der Waals surface area contributed by atoms with Crippen LogP contribution in [0.15, 0.2) is 0 Å². The minimum Gasteiger partial charge on any atom is -0.298 e. The van der Waals surface area contributed by atoms with E-state index in [0.717, 1.165) is 5.92 Å². The molecule has 2 saturated heterocycles. The number of carbonyl (C=O) groups excluding carboxylic acids is 1. The van der Waals surface area contributed by atoms with Crippen LogP contribution in [0, 0.1) is 29.1 Å². The normalized spacial score (nSPS) is 39.6. The lowest BCUT2D eigenvalue weighted by Crippen LogP contribution is -2.59. The van der Waals surface area contributed by atoms with Gasteiger partial charge < -0.3 is 0 Å². The van der Waals surface area contributed by atoms with Gasteiger partial charge in [-0.2, -0.15) is 0 Å². The lowest BCUT2D eigenvalue weighted by Gasteiger charge is -2.44. The van der Waals surface area contributed by atoms with E-state index in [-0.39, 0.29) is 17.0 Å². The fraction of sp³-hybridized carbons (Fsp3) is 0.955. The number of rotatable bonds is 2. The minimum absolute atomic E-state index is 0.00136. The van der Waals surface area contributed by atoms with Crippen LogP contribution in [0.3, 0.4) is 0 Å². The molecule has 25 heavy (non-hydrogen) atoms. The fourth-order valence-corrected chi connectivity index (χ4v) is 6.11. The van der Waals surface area contributed by atoms with Crippen molar-refractivity contribution in [2.24, 2.45) is 29.1 Å². The van der Waals surface area contributed by atoms with E-state index in [2.05, 4.69) is 65.6 Å². The van der Waals surface area contributed by atoms with Crippen LogP contribution < -0.4 is 5.32 Å². The SMILES string of the molecule is CC(C)C1C2C3CCCCC3NC2N(C(C)(C)C)C1C(=O)C(C)(C)C. The summed E-state index contributed by atoms with van der Waals surface area (Å²) in [7, 11) is 0. The van der Waals surface area contributed by atoms with E-state index in [0.29, 0.717) is 35.7 Å². The van der Waals surface area contributed by atoms with Gasteiger partial charge in [0.25, 0.3) is 0 Å². The lowest BCUT2D eigenvalue weighted by atomic mass is 9.68. The highest BCUT2D eigenvalue weighted by atomic mass is 16.1. The highest BCUT2D eigenvalue weighted by molar-refractivity contribution is 5.89. The molecule has 1 N–H and O–H groups in total. The maximum Gasteiger partial charge on any atom is 0.155 e. The van der Waals surface area contributed by atoms with Crippen molar-refractivity contribution in [1.29, 1.82) is 0 Å². The van der Waals surface area contributed by atoms with Gasteiger partial charge in [0, 0.05) is 17.0 Å². The number of carbonyl (C=O) groups is 1. The molecule has 0 radical (unpaired) electrons. The Morgan fingerprint density at radius 1 is 1.04 bits per heavy atom. The summed E-state index contributed by atoms with van der Waals surface area (Å²) >= 11 is 0. The summed E-state index contributed by atoms with van der Waals surface area (Å²) < 4.78 is 0. The molecule has 3 nitrogen and oxygen atoms in total. The van der Waals surface area contributed by atoms with Crippen molar-refractivity contribution in [2.75, 3.05) is 0 Å². The Hall–Kier alpha value is -0.410. The van der Waals surface area contributed by atoms with Crippen LogP contribution in [0.5, 0.6) is 0 Å². The largest absolute Gasteiger partial charge is 0.298 e. The van der Waals surface area contributed by atoms with Crippen LogP contribution in [0.25, 0.3) is 0 Å². The van der Waals surface area contributed by atoms with Crippen LogP contribution in [-0.2, 0) is 4.79 Å². The van der Waals surface area contributed by atoms with Gasteiger partial charge in [0.2, 0.25) is 0 Å². The maximum atomic E-state index is 13.6. The van der Waals surface area contributed by atoms with E-state index in [4.69, 9.17) is 0 Å². The highest BCUT2D eigenvalue weighted by Gasteiger charge is 2.62. The number of nitrogens with zero attached hydrogens (tertiary/aromatic N) is 1. The van der Waals surface area contributed by atoms with Gasteiger partial charge in [-0.1, -0.05) is 47.5 Å². The molecule has 3 heteroatoms. The molecule has 3 fully saturated rings. The quantitative estimate of drug-likeness (QED) is 0.799. The third kappa shape index (κ3) is 3.20. The number of hydrogen-bond acceptors (Lipinski definition) is 3. The summed E-state index contributed by atoms with van der Waals surface area (Å²) in [5.41, 5.74) is -0.287. The molecular formula is C22H40N2O. The summed E-state index contributed by atoms with van der Waals surface area (Å²) in [4.78, 5) is 16.1. The topological polar surface area (TPSA) is 32.3 Å². The number of hydrogen-bond donors (Lipinski definition) is 1. The van der Waals surface area contributed by atoms with Crippen molar-refractivity contribution in [3.63, 3.8) is 0 Å². The molecule has 3 aliphatic rings. The molecule has 2 aliphatic heterocycles. The fourth-order valence-electron chi connectivity index (χ4n) is 6.11. The summed E-state index contributed by atoms with van der Waals surface area (Å²) in [5, 5.41) is 4.01. The van der Waals surface area contributed by atoms with Crippen LogP contribution in [0.2, 0.25) is 0 Å². The Morgan fingerprint density at radius 3 is 2.16 bits per heavy atom. The van der Waals surface area contributed by atoms with E-state index < -0.39 is 0 Å². The average molecular weight is 349 g/mol. The predicted octanol–water partition coefficient (Wildman–Crippen LogP) is 4.46. The molecule has 6 unspecified atom stereocenters. The van der Waals surface area contributed by atoms with Gasteiger partial charge in [0.05, 0.1) is 12.2 Å². The second-order valence-corrected chi connectivity index (χ2v) is 11.2. The molecule has 0 bridgehead atoms. The van der Waals surface area contributed by atoms with Gasteiger partial charge in [0.1, 0.15) is 0 Å². The molecule has 0 aromatic carbocycles. The van der Waals surface area contributed by atoms with Gasteiger partial charge in [-0.3, -0.25) is 15.0 Å². The Kier molecular flexibility index (Phi) is 4.90. The zero-order valence-electron chi connectivity index (χ0n) is 17.7. The van der Waals surface area contributed by atoms with E-state index >= 15 is 0 Å². The monoisotopic (exact) mass is 348 g/mol. The van der Waals surface area contributed by atoms with Gasteiger partial charge in [-0.15, -0.1) is 0 Å². The van der Waals surface area contributed by atoms with Crippen LogP contribution >= 0.6 is 0 Å². The first-order valence-corrected chi connectivity index (χ1v) is 10.5. The minimum atomic E-state index is -0.286. The van der Waals surface area contributed by atoms with E-state index in [1.807, 2.05) is 0 Å². The third-order valence-corrected chi connectivity index (χ3v) is 7.02. The van der Waals surface area contributed by atoms with Gasteiger partial charge >= 0.3 is 0 Å². The summed E-state index contributed by atoms with van der Waals surface area (Å²) in [6.45, 7) is 17.8. The van der Waals surface area contributed by atoms with Crippen molar-refractivity contribution in [3.8, 4) is 0 Å². The number of ketones is 1. The van der Waals surface area contributed by atoms with Crippen LogP contribution in [0.4, 0.5) is 0 Å². The van der Waals surface area contributed by atoms with Crippen molar-refractivity contribution in [2.45, 2.75) is 105 Å². The first-order chi connectivity index (χ1) is 11.4. The molecule has 0 aromatic heterocycles. The molecule has 1 aliphatic carbocycles. The van der Waals surface area contributed by atoms with Crippen LogP contribution in [-0.4, -0.2) is 34.5 Å². The lowest BCUT2D eigenvalue weighted by molar-refractivity contribution is -0.136. The third-order valence-electron chi connectivity index (χ3n) is 7.02. The number of fused-ring (bicyclic) bond motifs is 3. The Bertz CT molecular complexity index is 513. The summed E-state index contributed by atoms with van der Waals surface area (Å²) in [6, 6.07) is 0.714. The average Bonchev–Trinajstić information content (AvgIpc) is 2.97. The molecule has 3 rings (SSSR count). The molecule has 0 amide bonds. The molecule has 1 saturated carbocycles. The zero-order chi connectivity index (χ0) is 18.7. The van der Waals surface area contributed by atoms with Gasteiger partial charge in [0.15, 0.2) is 5.78 Å². The van der Waals surface area contributed by atoms with E-state index in [1.54, 1.807) is 0 Å². The molecule has 2 heterocycles. The van der Waals surface area contributed by atoms with E-state index in [1.165, 1.54) is 25.7 Å². The maximum absolute atomic E-state index is 13.6. The molecular weight excluding hydrogens is 308 g/mol. The molecule has 144 valence electrons. The van der Waals surface area contributed by atoms with Gasteiger partial charge in [-0.05, 0) is 57.3 Å². The molecule has 0 spiro atoms.